The number of nitrogens with zero attached hydrogens (tertiary/aromatic N) is 3. The Hall–Kier alpha value is -2.10. The van der Waals surface area contributed by atoms with E-state index in [2.05, 4.69) is 10.3 Å². The number of imidazole rings is 1. The number of piperidine rings is 1. The normalized spacial score (nSPS) is 22.0. The van der Waals surface area contributed by atoms with Gasteiger partial charge in [0.05, 0.1) is 6.54 Å². The van der Waals surface area contributed by atoms with E-state index in [1.54, 1.807) is 12.4 Å². The highest BCUT2D eigenvalue weighted by Gasteiger charge is 2.48. The number of aromatic nitrogens is 2. The molecule has 0 aromatic carbocycles. The number of amides is 2. The average molecular weight is 388 g/mol. The summed E-state index contributed by atoms with van der Waals surface area (Å²) < 4.78 is 45.4. The molecule has 1 saturated heterocycles. The predicted molar refractivity (Wildman–Crippen MR) is 88.5 cm³/mol. The standard InChI is InChI=1S/C17H23F3N4O3/c1-11(2)22-14(26)12-10-24-8-5-21-15(24)16(27-12)3-6-23(7-4-16)13(25)9-17(18,19)20/h5,8,11-12H,3-4,6-7,9-10H2,1-2H3,(H,22,26)/t12-/m0/s1. The molecular weight excluding hydrogens is 365 g/mol. The quantitative estimate of drug-likeness (QED) is 0.853. The maximum atomic E-state index is 12.5. The fraction of sp³-hybridized carbons (Fsp3) is 0.706. The first-order valence-electron chi connectivity index (χ1n) is 8.94. The predicted octanol–water partition coefficient (Wildman–Crippen LogP) is 1.58. The van der Waals surface area contributed by atoms with Crippen LogP contribution in [0.4, 0.5) is 13.2 Å². The maximum Gasteiger partial charge on any atom is 0.397 e. The van der Waals surface area contributed by atoms with Gasteiger partial charge in [0.1, 0.15) is 17.8 Å². The molecule has 27 heavy (non-hydrogen) atoms. The van der Waals surface area contributed by atoms with E-state index >= 15 is 0 Å². The highest BCUT2D eigenvalue weighted by Crippen LogP contribution is 2.40. The molecule has 0 unspecified atom stereocenters. The van der Waals surface area contributed by atoms with Crippen LogP contribution in [0.5, 0.6) is 0 Å². The van der Waals surface area contributed by atoms with E-state index in [0.29, 0.717) is 25.2 Å². The lowest BCUT2D eigenvalue weighted by atomic mass is 9.88. The molecule has 0 bridgehead atoms. The molecule has 3 heterocycles. The van der Waals surface area contributed by atoms with Gasteiger partial charge in [0.15, 0.2) is 6.10 Å². The van der Waals surface area contributed by atoms with Crippen molar-refractivity contribution in [2.75, 3.05) is 13.1 Å². The highest BCUT2D eigenvalue weighted by atomic mass is 19.4. The van der Waals surface area contributed by atoms with Crippen LogP contribution in [0.2, 0.25) is 0 Å². The Kier molecular flexibility index (Phi) is 5.20. The van der Waals surface area contributed by atoms with Crippen LogP contribution in [0.1, 0.15) is 38.9 Å². The third-order valence-electron chi connectivity index (χ3n) is 4.85. The summed E-state index contributed by atoms with van der Waals surface area (Å²) >= 11 is 0. The summed E-state index contributed by atoms with van der Waals surface area (Å²) in [6.45, 7) is 4.28. The third-order valence-corrected chi connectivity index (χ3v) is 4.85. The lowest BCUT2D eigenvalue weighted by Gasteiger charge is -2.45. The Morgan fingerprint density at radius 3 is 2.63 bits per heavy atom. The number of alkyl halides is 3. The summed E-state index contributed by atoms with van der Waals surface area (Å²) in [5.74, 6) is -0.524. The van der Waals surface area contributed by atoms with Gasteiger partial charge in [0.25, 0.3) is 5.91 Å². The molecule has 0 radical (unpaired) electrons. The molecule has 2 aliphatic heterocycles. The second-order valence-electron chi connectivity index (χ2n) is 7.34. The van der Waals surface area contributed by atoms with Crippen LogP contribution in [-0.4, -0.2) is 57.7 Å². The number of hydrogen-bond acceptors (Lipinski definition) is 4. The van der Waals surface area contributed by atoms with Crippen molar-refractivity contribution in [3.63, 3.8) is 0 Å². The molecule has 1 atom stereocenters. The Morgan fingerprint density at radius 2 is 2.04 bits per heavy atom. The van der Waals surface area contributed by atoms with E-state index < -0.39 is 30.2 Å². The van der Waals surface area contributed by atoms with Gasteiger partial charge in [-0.3, -0.25) is 9.59 Å². The molecule has 0 aliphatic carbocycles. The van der Waals surface area contributed by atoms with Crippen molar-refractivity contribution in [1.29, 1.82) is 0 Å². The number of carbonyl (C=O) groups is 2. The minimum atomic E-state index is -4.52. The van der Waals surface area contributed by atoms with Gasteiger partial charge in [-0.25, -0.2) is 4.98 Å². The van der Waals surface area contributed by atoms with Crippen molar-refractivity contribution in [1.82, 2.24) is 19.8 Å². The zero-order valence-corrected chi connectivity index (χ0v) is 15.3. The smallest absolute Gasteiger partial charge is 0.352 e. The summed E-state index contributed by atoms with van der Waals surface area (Å²) in [4.78, 5) is 29.8. The molecule has 1 N–H and O–H groups in total. The number of fused-ring (bicyclic) bond motifs is 2. The number of rotatable bonds is 3. The van der Waals surface area contributed by atoms with Crippen molar-refractivity contribution >= 4 is 11.8 Å². The van der Waals surface area contributed by atoms with Crippen LogP contribution in [0, 0.1) is 0 Å². The summed E-state index contributed by atoms with van der Waals surface area (Å²) in [5, 5.41) is 2.82. The van der Waals surface area contributed by atoms with E-state index in [0.717, 1.165) is 0 Å². The zero-order chi connectivity index (χ0) is 19.8. The number of hydrogen-bond donors (Lipinski definition) is 1. The lowest BCUT2D eigenvalue weighted by Crippen LogP contribution is -2.55. The first-order chi connectivity index (χ1) is 12.6. The van der Waals surface area contributed by atoms with Crippen LogP contribution < -0.4 is 5.32 Å². The van der Waals surface area contributed by atoms with E-state index in [4.69, 9.17) is 4.74 Å². The van der Waals surface area contributed by atoms with Crippen LogP contribution in [-0.2, 0) is 26.5 Å². The third kappa shape index (κ3) is 4.26. The number of halogens is 3. The van der Waals surface area contributed by atoms with Gasteiger partial charge in [-0.15, -0.1) is 0 Å². The molecule has 0 saturated carbocycles. The zero-order valence-electron chi connectivity index (χ0n) is 15.3. The van der Waals surface area contributed by atoms with E-state index in [1.807, 2.05) is 18.4 Å². The van der Waals surface area contributed by atoms with E-state index in [1.165, 1.54) is 4.90 Å². The molecule has 3 rings (SSSR count). The summed E-state index contributed by atoms with van der Waals surface area (Å²) in [6.07, 6.45) is -2.75. The van der Waals surface area contributed by atoms with Gasteiger partial charge in [-0.05, 0) is 13.8 Å². The molecule has 10 heteroatoms. The van der Waals surface area contributed by atoms with Crippen molar-refractivity contribution < 1.29 is 27.5 Å². The molecule has 2 amide bonds. The number of ether oxygens (including phenoxy) is 1. The molecule has 1 fully saturated rings. The van der Waals surface area contributed by atoms with Crippen molar-refractivity contribution in [3.8, 4) is 0 Å². The van der Waals surface area contributed by atoms with Gasteiger partial charge in [-0.2, -0.15) is 13.2 Å². The Bertz CT molecular complexity index is 709. The van der Waals surface area contributed by atoms with Crippen molar-refractivity contribution in [3.05, 3.63) is 18.2 Å². The topological polar surface area (TPSA) is 76.5 Å². The van der Waals surface area contributed by atoms with Crippen LogP contribution in [0.25, 0.3) is 0 Å². The van der Waals surface area contributed by atoms with Gasteiger partial charge in [0, 0.05) is 44.4 Å². The molecule has 1 spiro atoms. The minimum absolute atomic E-state index is 0.0388. The van der Waals surface area contributed by atoms with Crippen LogP contribution >= 0.6 is 0 Å². The summed E-state index contributed by atoms with van der Waals surface area (Å²) in [6, 6.07) is -0.0388. The highest BCUT2D eigenvalue weighted by molar-refractivity contribution is 5.81. The van der Waals surface area contributed by atoms with Gasteiger partial charge in [0.2, 0.25) is 5.91 Å². The average Bonchev–Trinajstić information content (AvgIpc) is 3.02. The fourth-order valence-electron chi connectivity index (χ4n) is 3.65. The van der Waals surface area contributed by atoms with Gasteiger partial charge in [-0.1, -0.05) is 0 Å². The molecule has 1 aromatic rings. The Labute approximate surface area is 154 Å². The van der Waals surface area contributed by atoms with Crippen LogP contribution in [0.15, 0.2) is 12.4 Å². The fourth-order valence-corrected chi connectivity index (χ4v) is 3.65. The second kappa shape index (κ2) is 7.14. The Balaban J connectivity index is 1.74. The number of likely N-dealkylation sites (tertiary alicyclic amines) is 1. The summed E-state index contributed by atoms with van der Waals surface area (Å²) in [7, 11) is 0. The molecule has 150 valence electrons. The van der Waals surface area contributed by atoms with E-state index in [-0.39, 0.29) is 25.0 Å². The lowest BCUT2D eigenvalue weighted by molar-refractivity contribution is -0.181. The molecule has 1 aromatic heterocycles. The Morgan fingerprint density at radius 1 is 1.37 bits per heavy atom. The number of carbonyl (C=O) groups excluding carboxylic acids is 2. The monoisotopic (exact) mass is 388 g/mol. The second-order valence-corrected chi connectivity index (χ2v) is 7.34. The SMILES string of the molecule is CC(C)NC(=O)[C@@H]1Cn2ccnc2C2(CCN(C(=O)CC(F)(F)F)CC2)O1. The minimum Gasteiger partial charge on any atom is -0.352 e. The first-order valence-corrected chi connectivity index (χ1v) is 8.94. The van der Waals surface area contributed by atoms with Gasteiger partial charge >= 0.3 is 6.18 Å². The van der Waals surface area contributed by atoms with E-state index in [9.17, 15) is 22.8 Å². The van der Waals surface area contributed by atoms with Crippen molar-refractivity contribution in [2.24, 2.45) is 0 Å². The van der Waals surface area contributed by atoms with Crippen LogP contribution in [0.3, 0.4) is 0 Å². The van der Waals surface area contributed by atoms with Crippen molar-refractivity contribution in [2.45, 2.75) is 63.6 Å². The largest absolute Gasteiger partial charge is 0.397 e. The molecule has 7 nitrogen and oxygen atoms in total. The molecule has 2 aliphatic rings. The number of nitrogens with one attached hydrogen (secondary N) is 1. The molecular formula is C17H23F3N4O3. The maximum absolute atomic E-state index is 12.5. The summed E-state index contributed by atoms with van der Waals surface area (Å²) in [5.41, 5.74) is -0.879. The van der Waals surface area contributed by atoms with Gasteiger partial charge < -0.3 is 19.5 Å². The first kappa shape index (κ1) is 19.7.